The second-order valence-corrected chi connectivity index (χ2v) is 8.17. The quantitative estimate of drug-likeness (QED) is 0.701. The molecule has 0 unspecified atom stereocenters. The molecule has 2 heterocycles. The molecular formula is C17H20F2N3O4S+. The molecule has 1 aromatic carbocycles. The molecule has 1 fully saturated rings. The molecule has 10 heteroatoms. The first kappa shape index (κ1) is 19.5. The van der Waals surface area contributed by atoms with Crippen molar-refractivity contribution in [3.63, 3.8) is 0 Å². The Morgan fingerprint density at radius 1 is 1.22 bits per heavy atom. The van der Waals surface area contributed by atoms with Crippen molar-refractivity contribution in [1.29, 1.82) is 0 Å². The fourth-order valence-corrected chi connectivity index (χ4v) is 4.44. The molecule has 3 rings (SSSR count). The third-order valence-corrected chi connectivity index (χ3v) is 6.30. The molecule has 27 heavy (non-hydrogen) atoms. The normalized spacial score (nSPS) is 16.4. The summed E-state index contributed by atoms with van der Waals surface area (Å²) in [6.07, 6.45) is 1.52. The number of amides is 1. The number of nitrogens with one attached hydrogen (secondary N) is 2. The lowest BCUT2D eigenvalue weighted by Crippen LogP contribution is -3.15. The third-order valence-electron chi connectivity index (χ3n) is 4.39. The van der Waals surface area contributed by atoms with Crippen molar-refractivity contribution >= 4 is 15.9 Å². The zero-order valence-electron chi connectivity index (χ0n) is 14.5. The van der Waals surface area contributed by atoms with Crippen molar-refractivity contribution in [1.82, 2.24) is 9.62 Å². The van der Waals surface area contributed by atoms with E-state index in [-0.39, 0.29) is 25.5 Å². The molecule has 0 bridgehead atoms. The SMILES string of the molecule is O=C(C[NH+]1CCN(S(=O)(=O)c2cc(F)ccc2F)CC1)NCc1ccco1. The molecule has 0 atom stereocenters. The number of carbonyl (C=O) groups excluding carboxylic acids is 1. The van der Waals surface area contributed by atoms with Crippen LogP contribution < -0.4 is 10.2 Å². The van der Waals surface area contributed by atoms with Crippen molar-refractivity contribution in [3.05, 3.63) is 54.0 Å². The molecule has 1 aliphatic rings. The lowest BCUT2D eigenvalue weighted by atomic mass is 10.3. The van der Waals surface area contributed by atoms with E-state index in [0.717, 1.165) is 21.3 Å². The first-order valence-electron chi connectivity index (χ1n) is 8.44. The van der Waals surface area contributed by atoms with Gasteiger partial charge in [0.15, 0.2) is 6.54 Å². The maximum Gasteiger partial charge on any atom is 0.275 e. The van der Waals surface area contributed by atoms with Gasteiger partial charge in [-0.25, -0.2) is 17.2 Å². The van der Waals surface area contributed by atoms with Crippen molar-refractivity contribution < 1.29 is 31.3 Å². The van der Waals surface area contributed by atoms with Gasteiger partial charge in [0.25, 0.3) is 5.91 Å². The van der Waals surface area contributed by atoms with Crippen LogP contribution in [0.15, 0.2) is 45.9 Å². The number of benzene rings is 1. The number of hydrogen-bond acceptors (Lipinski definition) is 4. The fraction of sp³-hybridized carbons (Fsp3) is 0.353. The minimum absolute atomic E-state index is 0.124. The van der Waals surface area contributed by atoms with Crippen LogP contribution in [0.2, 0.25) is 0 Å². The topological polar surface area (TPSA) is 84.1 Å². The average molecular weight is 400 g/mol. The summed E-state index contributed by atoms with van der Waals surface area (Å²) in [4.78, 5) is 12.2. The average Bonchev–Trinajstić information content (AvgIpc) is 3.16. The Hall–Kier alpha value is -2.30. The van der Waals surface area contributed by atoms with Crippen molar-refractivity contribution in [2.75, 3.05) is 32.7 Å². The zero-order chi connectivity index (χ0) is 19.4. The lowest BCUT2D eigenvalue weighted by molar-refractivity contribution is -0.895. The highest BCUT2D eigenvalue weighted by atomic mass is 32.2. The Labute approximate surface area is 155 Å². The van der Waals surface area contributed by atoms with Gasteiger partial charge >= 0.3 is 0 Å². The summed E-state index contributed by atoms with van der Waals surface area (Å²) >= 11 is 0. The summed E-state index contributed by atoms with van der Waals surface area (Å²) < 4.78 is 58.5. The molecule has 1 aliphatic heterocycles. The van der Waals surface area contributed by atoms with E-state index in [1.165, 1.54) is 6.26 Å². The highest BCUT2D eigenvalue weighted by Crippen LogP contribution is 2.20. The van der Waals surface area contributed by atoms with E-state index in [1.54, 1.807) is 12.1 Å². The summed E-state index contributed by atoms with van der Waals surface area (Å²) in [6.45, 7) is 1.52. The summed E-state index contributed by atoms with van der Waals surface area (Å²) in [6, 6.07) is 5.84. The van der Waals surface area contributed by atoms with Crippen LogP contribution in [0.3, 0.4) is 0 Å². The second kappa shape index (κ2) is 8.15. The van der Waals surface area contributed by atoms with Crippen LogP contribution in [0, 0.1) is 11.6 Å². The molecule has 1 amide bonds. The standard InChI is InChI=1S/C17H19F2N3O4S/c18-13-3-4-15(19)16(10-13)27(24,25)22-7-5-21(6-8-22)12-17(23)20-11-14-2-1-9-26-14/h1-4,9-10H,5-8,11-12H2,(H,20,23)/p+1. The molecule has 1 saturated heterocycles. The highest BCUT2D eigenvalue weighted by Gasteiger charge is 2.33. The van der Waals surface area contributed by atoms with Gasteiger partial charge in [-0.15, -0.1) is 0 Å². The van der Waals surface area contributed by atoms with E-state index >= 15 is 0 Å². The summed E-state index contributed by atoms with van der Waals surface area (Å²) in [7, 11) is -4.11. The number of halogens is 2. The van der Waals surface area contributed by atoms with E-state index in [0.29, 0.717) is 31.5 Å². The largest absolute Gasteiger partial charge is 0.467 e. The first-order chi connectivity index (χ1) is 12.9. The van der Waals surface area contributed by atoms with E-state index in [2.05, 4.69) is 5.32 Å². The van der Waals surface area contributed by atoms with Crippen LogP contribution in [0.1, 0.15) is 5.76 Å². The zero-order valence-corrected chi connectivity index (χ0v) is 15.3. The van der Waals surface area contributed by atoms with Gasteiger partial charge in [-0.3, -0.25) is 4.79 Å². The smallest absolute Gasteiger partial charge is 0.275 e. The number of nitrogens with zero attached hydrogens (tertiary/aromatic N) is 1. The fourth-order valence-electron chi connectivity index (χ4n) is 2.92. The second-order valence-electron chi connectivity index (χ2n) is 6.26. The van der Waals surface area contributed by atoms with E-state index in [1.807, 2.05) is 0 Å². The lowest BCUT2D eigenvalue weighted by Gasteiger charge is -2.31. The van der Waals surface area contributed by atoms with E-state index in [9.17, 15) is 22.0 Å². The highest BCUT2D eigenvalue weighted by molar-refractivity contribution is 7.89. The number of furan rings is 1. The molecule has 7 nitrogen and oxygen atoms in total. The van der Waals surface area contributed by atoms with Crippen LogP contribution in [0.5, 0.6) is 0 Å². The molecule has 0 radical (unpaired) electrons. The van der Waals surface area contributed by atoms with Crippen molar-refractivity contribution in [2.45, 2.75) is 11.4 Å². The van der Waals surface area contributed by atoms with Gasteiger partial charge in [-0.05, 0) is 30.3 Å². The first-order valence-corrected chi connectivity index (χ1v) is 9.88. The molecule has 146 valence electrons. The van der Waals surface area contributed by atoms with Gasteiger partial charge in [-0.1, -0.05) is 0 Å². The van der Waals surface area contributed by atoms with Crippen LogP contribution in [-0.2, 0) is 21.4 Å². The molecule has 0 aliphatic carbocycles. The molecular weight excluding hydrogens is 380 g/mol. The maximum absolute atomic E-state index is 13.8. The van der Waals surface area contributed by atoms with Crippen LogP contribution >= 0.6 is 0 Å². The minimum Gasteiger partial charge on any atom is -0.467 e. The van der Waals surface area contributed by atoms with E-state index < -0.39 is 26.6 Å². The van der Waals surface area contributed by atoms with Crippen LogP contribution in [0.4, 0.5) is 8.78 Å². The predicted octanol–water partition coefficient (Wildman–Crippen LogP) is -0.237. The number of rotatable bonds is 6. The third kappa shape index (κ3) is 4.71. The number of carbonyl (C=O) groups is 1. The predicted molar refractivity (Wildman–Crippen MR) is 91.2 cm³/mol. The molecule has 2 N–H and O–H groups in total. The summed E-state index contributed by atoms with van der Waals surface area (Å²) in [5.41, 5.74) is 0. The number of piperazine rings is 1. The number of hydrogen-bond donors (Lipinski definition) is 2. The summed E-state index contributed by atoms with van der Waals surface area (Å²) in [5, 5.41) is 2.74. The van der Waals surface area contributed by atoms with Crippen LogP contribution in [-0.4, -0.2) is 51.4 Å². The van der Waals surface area contributed by atoms with Gasteiger partial charge in [-0.2, -0.15) is 4.31 Å². The van der Waals surface area contributed by atoms with Crippen molar-refractivity contribution in [2.24, 2.45) is 0 Å². The Morgan fingerprint density at radius 3 is 2.63 bits per heavy atom. The van der Waals surface area contributed by atoms with E-state index in [4.69, 9.17) is 4.42 Å². The summed E-state index contributed by atoms with van der Waals surface area (Å²) in [5.74, 6) is -1.32. The Bertz CT molecular complexity index is 895. The molecule has 1 aromatic heterocycles. The van der Waals surface area contributed by atoms with Gasteiger partial charge in [0, 0.05) is 0 Å². The number of sulfonamides is 1. The van der Waals surface area contributed by atoms with Gasteiger partial charge in [0.05, 0.1) is 39.0 Å². The van der Waals surface area contributed by atoms with Crippen molar-refractivity contribution in [3.8, 4) is 0 Å². The van der Waals surface area contributed by atoms with Crippen LogP contribution in [0.25, 0.3) is 0 Å². The van der Waals surface area contributed by atoms with Gasteiger partial charge in [0.2, 0.25) is 10.0 Å². The molecule has 0 spiro atoms. The molecule has 2 aromatic rings. The number of quaternary nitrogens is 1. The Balaban J connectivity index is 1.53. The monoisotopic (exact) mass is 400 g/mol. The van der Waals surface area contributed by atoms with Gasteiger partial charge in [0.1, 0.15) is 22.3 Å². The molecule has 0 saturated carbocycles. The van der Waals surface area contributed by atoms with Gasteiger partial charge < -0.3 is 14.6 Å². The minimum atomic E-state index is -4.11. The Morgan fingerprint density at radius 2 is 1.96 bits per heavy atom. The Kier molecular flexibility index (Phi) is 5.88. The maximum atomic E-state index is 13.8.